The number of aliphatic imine (C=N–C) groups is 1. The molecule has 4 nitrogen and oxygen atoms in total. The van der Waals surface area contributed by atoms with Crippen LogP contribution in [-0.4, -0.2) is 25.3 Å². The molecule has 1 unspecified atom stereocenters. The summed E-state index contributed by atoms with van der Waals surface area (Å²) in [5, 5.41) is 0. The van der Waals surface area contributed by atoms with E-state index in [1.807, 2.05) is 37.4 Å². The molecule has 0 aliphatic heterocycles. The van der Waals surface area contributed by atoms with Crippen LogP contribution in [0.1, 0.15) is 66.9 Å². The SMILES string of the molecule is COc1cc(C=NC(C)C23CC4CC(CC(C4)C2)C3)ccc1OC(=O)c1ccc(C)cc1. The normalized spacial score (nSPS) is 29.3. The van der Waals surface area contributed by atoms with Gasteiger partial charge in [-0.2, -0.15) is 0 Å². The van der Waals surface area contributed by atoms with Crippen LogP contribution in [0.2, 0.25) is 0 Å². The number of hydrogen-bond donors (Lipinski definition) is 0. The lowest BCUT2D eigenvalue weighted by atomic mass is 9.48. The van der Waals surface area contributed by atoms with E-state index in [1.54, 1.807) is 25.3 Å². The molecule has 1 atom stereocenters. The second-order valence-corrected chi connectivity index (χ2v) is 10.4. The molecule has 4 aliphatic rings. The summed E-state index contributed by atoms with van der Waals surface area (Å²) in [6.45, 7) is 4.29. The highest BCUT2D eigenvalue weighted by atomic mass is 16.6. The smallest absolute Gasteiger partial charge is 0.343 e. The number of aryl methyl sites for hydroxylation is 1. The minimum Gasteiger partial charge on any atom is -0.493 e. The summed E-state index contributed by atoms with van der Waals surface area (Å²) < 4.78 is 11.1. The Balaban J connectivity index is 1.29. The first-order valence-electron chi connectivity index (χ1n) is 11.9. The molecule has 4 saturated carbocycles. The van der Waals surface area contributed by atoms with Crippen molar-refractivity contribution < 1.29 is 14.3 Å². The number of rotatable bonds is 6. The van der Waals surface area contributed by atoms with E-state index in [0.29, 0.717) is 28.5 Å². The van der Waals surface area contributed by atoms with E-state index < -0.39 is 0 Å². The summed E-state index contributed by atoms with van der Waals surface area (Å²) in [6, 6.07) is 13.3. The van der Waals surface area contributed by atoms with Gasteiger partial charge in [-0.3, -0.25) is 4.99 Å². The standard InChI is InChI=1S/C28H33NO3/c1-18-4-7-24(8-5-18)27(30)32-25-9-6-20(13-26(25)31-3)17-29-19(2)28-14-21-10-22(15-28)12-23(11-21)16-28/h4-9,13,17,19,21-23H,10-12,14-16H2,1-3H3. The highest BCUT2D eigenvalue weighted by Gasteiger charge is 2.53. The summed E-state index contributed by atoms with van der Waals surface area (Å²) in [4.78, 5) is 17.5. The summed E-state index contributed by atoms with van der Waals surface area (Å²) in [7, 11) is 1.59. The zero-order valence-electron chi connectivity index (χ0n) is 19.3. The number of ether oxygens (including phenoxy) is 2. The zero-order valence-corrected chi connectivity index (χ0v) is 19.3. The van der Waals surface area contributed by atoms with E-state index in [-0.39, 0.29) is 5.97 Å². The van der Waals surface area contributed by atoms with Gasteiger partial charge in [0.15, 0.2) is 11.5 Å². The zero-order chi connectivity index (χ0) is 22.3. The van der Waals surface area contributed by atoms with Crippen molar-refractivity contribution in [3.63, 3.8) is 0 Å². The van der Waals surface area contributed by atoms with Crippen molar-refractivity contribution in [2.75, 3.05) is 7.11 Å². The van der Waals surface area contributed by atoms with Gasteiger partial charge in [0.1, 0.15) is 0 Å². The van der Waals surface area contributed by atoms with E-state index >= 15 is 0 Å². The summed E-state index contributed by atoms with van der Waals surface area (Å²) in [5.41, 5.74) is 2.99. The van der Waals surface area contributed by atoms with Crippen molar-refractivity contribution in [2.45, 2.75) is 58.4 Å². The van der Waals surface area contributed by atoms with Crippen LogP contribution < -0.4 is 9.47 Å². The van der Waals surface area contributed by atoms with Crippen LogP contribution in [0.25, 0.3) is 0 Å². The molecule has 0 spiro atoms. The Labute approximate surface area is 191 Å². The Morgan fingerprint density at radius 3 is 2.22 bits per heavy atom. The molecule has 168 valence electrons. The summed E-state index contributed by atoms with van der Waals surface area (Å²) in [6.07, 6.45) is 10.4. The Bertz CT molecular complexity index is 988. The molecule has 2 aromatic carbocycles. The monoisotopic (exact) mass is 431 g/mol. The maximum Gasteiger partial charge on any atom is 0.343 e. The lowest BCUT2D eigenvalue weighted by Gasteiger charge is -2.58. The van der Waals surface area contributed by atoms with Gasteiger partial charge >= 0.3 is 5.97 Å². The molecule has 0 radical (unpaired) electrons. The predicted molar refractivity (Wildman–Crippen MR) is 127 cm³/mol. The van der Waals surface area contributed by atoms with Gasteiger partial charge in [-0.05, 0) is 111 Å². The number of carbonyl (C=O) groups excluding carboxylic acids is 1. The molecular weight excluding hydrogens is 398 g/mol. The first-order valence-corrected chi connectivity index (χ1v) is 11.9. The van der Waals surface area contributed by atoms with Gasteiger partial charge < -0.3 is 9.47 Å². The molecule has 0 aromatic heterocycles. The average Bonchev–Trinajstić information content (AvgIpc) is 2.77. The second-order valence-electron chi connectivity index (χ2n) is 10.4. The van der Waals surface area contributed by atoms with E-state index in [4.69, 9.17) is 14.5 Å². The quantitative estimate of drug-likeness (QED) is 0.309. The molecule has 0 saturated heterocycles. The molecule has 32 heavy (non-hydrogen) atoms. The van der Waals surface area contributed by atoms with Crippen molar-refractivity contribution in [1.82, 2.24) is 0 Å². The highest BCUT2D eigenvalue weighted by Crippen LogP contribution is 2.61. The van der Waals surface area contributed by atoms with Crippen molar-refractivity contribution >= 4 is 12.2 Å². The number of methoxy groups -OCH3 is 1. The van der Waals surface area contributed by atoms with Crippen molar-refractivity contribution in [2.24, 2.45) is 28.2 Å². The summed E-state index contributed by atoms with van der Waals surface area (Å²) in [5.74, 6) is 3.37. The molecule has 0 heterocycles. The van der Waals surface area contributed by atoms with E-state index in [0.717, 1.165) is 28.9 Å². The number of esters is 1. The van der Waals surface area contributed by atoms with Crippen LogP contribution in [0.4, 0.5) is 0 Å². The van der Waals surface area contributed by atoms with Crippen molar-refractivity contribution in [1.29, 1.82) is 0 Å². The molecular formula is C28H33NO3. The van der Waals surface area contributed by atoms with E-state index in [9.17, 15) is 4.79 Å². The van der Waals surface area contributed by atoms with Crippen LogP contribution in [0.3, 0.4) is 0 Å². The van der Waals surface area contributed by atoms with Gasteiger partial charge in [-0.1, -0.05) is 17.7 Å². The van der Waals surface area contributed by atoms with Crippen LogP contribution >= 0.6 is 0 Å². The summed E-state index contributed by atoms with van der Waals surface area (Å²) >= 11 is 0. The fourth-order valence-electron chi connectivity index (χ4n) is 6.74. The topological polar surface area (TPSA) is 47.9 Å². The molecule has 4 bridgehead atoms. The highest BCUT2D eigenvalue weighted by molar-refractivity contribution is 5.91. The van der Waals surface area contributed by atoms with Crippen molar-refractivity contribution in [3.05, 3.63) is 59.2 Å². The molecule has 2 aromatic rings. The first-order chi connectivity index (χ1) is 15.4. The molecule has 0 amide bonds. The van der Waals surface area contributed by atoms with Gasteiger partial charge in [0.2, 0.25) is 0 Å². The first kappa shape index (κ1) is 21.2. The second kappa shape index (κ2) is 8.38. The third kappa shape index (κ3) is 4.07. The Kier molecular flexibility index (Phi) is 5.56. The molecule has 4 fully saturated rings. The molecule has 0 N–H and O–H groups in total. The third-order valence-corrected chi connectivity index (χ3v) is 8.10. The van der Waals surface area contributed by atoms with Crippen LogP contribution in [-0.2, 0) is 0 Å². The number of benzene rings is 2. The molecule has 4 aliphatic carbocycles. The van der Waals surface area contributed by atoms with Crippen molar-refractivity contribution in [3.8, 4) is 11.5 Å². The predicted octanol–water partition coefficient (Wildman–Crippen LogP) is 6.25. The number of hydrogen-bond acceptors (Lipinski definition) is 4. The lowest BCUT2D eigenvalue weighted by molar-refractivity contribution is -0.0632. The number of nitrogens with zero attached hydrogens (tertiary/aromatic N) is 1. The Morgan fingerprint density at radius 1 is 1.00 bits per heavy atom. The lowest BCUT2D eigenvalue weighted by Crippen LogP contribution is -2.50. The van der Waals surface area contributed by atoms with Gasteiger partial charge in [0.25, 0.3) is 0 Å². The Morgan fingerprint density at radius 2 is 1.62 bits per heavy atom. The maximum absolute atomic E-state index is 12.5. The minimum absolute atomic E-state index is 0.334. The molecule has 6 rings (SSSR count). The van der Waals surface area contributed by atoms with E-state index in [2.05, 4.69) is 6.92 Å². The fourth-order valence-corrected chi connectivity index (χ4v) is 6.74. The van der Waals surface area contributed by atoms with Crippen LogP contribution in [0, 0.1) is 30.1 Å². The van der Waals surface area contributed by atoms with E-state index in [1.165, 1.54) is 38.5 Å². The Hall–Kier alpha value is -2.62. The van der Waals surface area contributed by atoms with Gasteiger partial charge in [-0.15, -0.1) is 0 Å². The van der Waals surface area contributed by atoms with Gasteiger partial charge in [-0.25, -0.2) is 4.79 Å². The third-order valence-electron chi connectivity index (χ3n) is 8.10. The minimum atomic E-state index is -0.389. The maximum atomic E-state index is 12.5. The van der Waals surface area contributed by atoms with Crippen LogP contribution in [0.5, 0.6) is 11.5 Å². The van der Waals surface area contributed by atoms with Gasteiger partial charge in [0.05, 0.1) is 18.7 Å². The molecule has 4 heteroatoms. The fraction of sp³-hybridized carbons (Fsp3) is 0.500. The van der Waals surface area contributed by atoms with Gasteiger partial charge in [0, 0.05) is 6.21 Å². The average molecular weight is 432 g/mol. The largest absolute Gasteiger partial charge is 0.493 e. The number of carbonyl (C=O) groups is 1. The van der Waals surface area contributed by atoms with Crippen LogP contribution in [0.15, 0.2) is 47.5 Å².